The first-order chi connectivity index (χ1) is 13.0. The maximum absolute atomic E-state index is 12.0. The number of guanidine groups is 1. The Kier molecular flexibility index (Phi) is 8.19. The van der Waals surface area contributed by atoms with Gasteiger partial charge in [0.2, 0.25) is 5.91 Å². The molecule has 8 heteroatoms. The molecule has 146 valence electrons. The molecule has 2 aromatic heterocycles. The summed E-state index contributed by atoms with van der Waals surface area (Å²) in [4.78, 5) is 25.5. The molecule has 0 aromatic carbocycles. The first-order valence-corrected chi connectivity index (χ1v) is 10.1. The summed E-state index contributed by atoms with van der Waals surface area (Å²) >= 11 is 1.62. The van der Waals surface area contributed by atoms with Crippen LogP contribution in [-0.4, -0.2) is 34.9 Å². The average molecular weight is 389 g/mol. The zero-order chi connectivity index (χ0) is 19.6. The quantitative estimate of drug-likeness (QED) is 0.478. The normalized spacial score (nSPS) is 11.5. The Balaban J connectivity index is 1.81. The standard InChI is InChI=1S/C19H28N6OS/c1-5-20-19(22-11-18-24-15(12-27-18)13(2)3)21-10-9-17(26)25-16-8-6-7-14(4)23-16/h6-8,12-13H,5,9-11H2,1-4H3,(H2,20,21,22)(H,23,25,26). The predicted molar refractivity (Wildman–Crippen MR) is 111 cm³/mol. The van der Waals surface area contributed by atoms with Crippen LogP contribution < -0.4 is 16.0 Å². The highest BCUT2D eigenvalue weighted by molar-refractivity contribution is 7.09. The number of hydrogen-bond donors (Lipinski definition) is 3. The lowest BCUT2D eigenvalue weighted by atomic mass is 10.2. The Bertz CT molecular complexity index is 771. The maximum atomic E-state index is 12.0. The Morgan fingerprint density at radius 2 is 2.07 bits per heavy atom. The van der Waals surface area contributed by atoms with E-state index < -0.39 is 0 Å². The van der Waals surface area contributed by atoms with Crippen LogP contribution in [0.1, 0.15) is 49.5 Å². The number of aryl methyl sites for hydroxylation is 1. The van der Waals surface area contributed by atoms with Gasteiger partial charge in [-0.05, 0) is 31.9 Å². The summed E-state index contributed by atoms with van der Waals surface area (Å²) in [5.41, 5.74) is 1.97. The smallest absolute Gasteiger partial charge is 0.227 e. The fraction of sp³-hybridized carbons (Fsp3) is 0.474. The zero-order valence-electron chi connectivity index (χ0n) is 16.4. The van der Waals surface area contributed by atoms with Gasteiger partial charge in [-0.3, -0.25) is 4.79 Å². The fourth-order valence-corrected chi connectivity index (χ4v) is 3.14. The lowest BCUT2D eigenvalue weighted by molar-refractivity contribution is -0.116. The number of nitrogens with one attached hydrogen (secondary N) is 3. The highest BCUT2D eigenvalue weighted by Gasteiger charge is 2.07. The van der Waals surface area contributed by atoms with Gasteiger partial charge < -0.3 is 16.0 Å². The predicted octanol–water partition coefficient (Wildman–Crippen LogP) is 3.05. The second-order valence-electron chi connectivity index (χ2n) is 6.41. The number of anilines is 1. The SMILES string of the molecule is CCNC(=NCc1nc(C(C)C)cs1)NCCC(=O)Nc1cccc(C)n1. The van der Waals surface area contributed by atoms with Gasteiger partial charge in [0.05, 0.1) is 12.2 Å². The Labute approximate surface area is 164 Å². The van der Waals surface area contributed by atoms with E-state index in [2.05, 4.69) is 50.1 Å². The van der Waals surface area contributed by atoms with Crippen LogP contribution in [0.5, 0.6) is 0 Å². The molecule has 0 aliphatic heterocycles. The van der Waals surface area contributed by atoms with Crippen molar-refractivity contribution >= 4 is 29.0 Å². The van der Waals surface area contributed by atoms with E-state index in [1.165, 1.54) is 0 Å². The molecular formula is C19H28N6OS. The van der Waals surface area contributed by atoms with Gasteiger partial charge in [-0.1, -0.05) is 19.9 Å². The van der Waals surface area contributed by atoms with Crippen LogP contribution in [0.4, 0.5) is 5.82 Å². The molecule has 2 heterocycles. The number of pyridine rings is 1. The van der Waals surface area contributed by atoms with Crippen LogP contribution in [-0.2, 0) is 11.3 Å². The number of amides is 1. The first kappa shape index (κ1) is 20.8. The highest BCUT2D eigenvalue weighted by atomic mass is 32.1. The molecule has 2 rings (SSSR count). The molecule has 1 amide bonds. The third-order valence-electron chi connectivity index (χ3n) is 3.68. The minimum atomic E-state index is -0.0852. The van der Waals surface area contributed by atoms with E-state index in [4.69, 9.17) is 0 Å². The summed E-state index contributed by atoms with van der Waals surface area (Å²) in [7, 11) is 0. The minimum absolute atomic E-state index is 0.0852. The van der Waals surface area contributed by atoms with Crippen LogP contribution in [0.3, 0.4) is 0 Å². The molecule has 0 radical (unpaired) electrons. The molecule has 0 saturated carbocycles. The van der Waals surface area contributed by atoms with Crippen molar-refractivity contribution in [3.63, 3.8) is 0 Å². The maximum Gasteiger partial charge on any atom is 0.227 e. The van der Waals surface area contributed by atoms with Crippen LogP contribution >= 0.6 is 11.3 Å². The van der Waals surface area contributed by atoms with Crippen molar-refractivity contribution in [2.45, 2.75) is 46.6 Å². The zero-order valence-corrected chi connectivity index (χ0v) is 17.2. The molecular weight excluding hydrogens is 360 g/mol. The van der Waals surface area contributed by atoms with E-state index in [1.54, 1.807) is 17.4 Å². The van der Waals surface area contributed by atoms with E-state index in [0.717, 1.165) is 22.9 Å². The van der Waals surface area contributed by atoms with E-state index >= 15 is 0 Å². The molecule has 0 atom stereocenters. The second-order valence-corrected chi connectivity index (χ2v) is 7.35. The number of carbonyl (C=O) groups excluding carboxylic acids is 1. The molecule has 0 aliphatic carbocycles. The van der Waals surface area contributed by atoms with Crippen LogP contribution in [0.2, 0.25) is 0 Å². The number of rotatable bonds is 8. The highest BCUT2D eigenvalue weighted by Crippen LogP contribution is 2.18. The fourth-order valence-electron chi connectivity index (χ4n) is 2.26. The topological polar surface area (TPSA) is 91.3 Å². The number of hydrogen-bond acceptors (Lipinski definition) is 5. The second kappa shape index (κ2) is 10.6. The summed E-state index contributed by atoms with van der Waals surface area (Å²) in [6.45, 7) is 9.91. The first-order valence-electron chi connectivity index (χ1n) is 9.18. The summed E-state index contributed by atoms with van der Waals surface area (Å²) in [5.74, 6) is 1.59. The van der Waals surface area contributed by atoms with Crippen molar-refractivity contribution in [2.24, 2.45) is 4.99 Å². The number of aliphatic imine (C=N–C) groups is 1. The van der Waals surface area contributed by atoms with Crippen molar-refractivity contribution < 1.29 is 4.79 Å². The lowest BCUT2D eigenvalue weighted by Gasteiger charge is -2.11. The summed E-state index contributed by atoms with van der Waals surface area (Å²) in [6, 6.07) is 5.54. The van der Waals surface area contributed by atoms with E-state index in [1.807, 2.05) is 26.0 Å². The molecule has 0 saturated heterocycles. The van der Waals surface area contributed by atoms with E-state index in [-0.39, 0.29) is 5.91 Å². The van der Waals surface area contributed by atoms with Gasteiger partial charge in [0, 0.05) is 30.6 Å². The monoisotopic (exact) mass is 388 g/mol. The van der Waals surface area contributed by atoms with E-state index in [0.29, 0.717) is 37.2 Å². The molecule has 27 heavy (non-hydrogen) atoms. The molecule has 3 N–H and O–H groups in total. The van der Waals surface area contributed by atoms with Crippen LogP contribution in [0.15, 0.2) is 28.6 Å². The molecule has 0 spiro atoms. The van der Waals surface area contributed by atoms with Gasteiger partial charge in [0.25, 0.3) is 0 Å². The number of nitrogens with zero attached hydrogens (tertiary/aromatic N) is 3. The Morgan fingerprint density at radius 1 is 1.26 bits per heavy atom. The van der Waals surface area contributed by atoms with Crippen molar-refractivity contribution in [3.8, 4) is 0 Å². The van der Waals surface area contributed by atoms with Gasteiger partial charge >= 0.3 is 0 Å². The molecule has 0 aliphatic rings. The van der Waals surface area contributed by atoms with Crippen molar-refractivity contribution in [1.29, 1.82) is 0 Å². The lowest BCUT2D eigenvalue weighted by Crippen LogP contribution is -2.38. The van der Waals surface area contributed by atoms with Gasteiger partial charge in [-0.2, -0.15) is 0 Å². The van der Waals surface area contributed by atoms with Crippen molar-refractivity contribution in [1.82, 2.24) is 20.6 Å². The Hall–Kier alpha value is -2.48. The summed E-state index contributed by atoms with van der Waals surface area (Å²) in [5, 5.41) is 12.2. The molecule has 7 nitrogen and oxygen atoms in total. The summed E-state index contributed by atoms with van der Waals surface area (Å²) < 4.78 is 0. The van der Waals surface area contributed by atoms with Crippen LogP contribution in [0, 0.1) is 6.92 Å². The Morgan fingerprint density at radius 3 is 2.74 bits per heavy atom. The average Bonchev–Trinajstić information content (AvgIpc) is 3.09. The molecule has 0 unspecified atom stereocenters. The number of carbonyl (C=O) groups is 1. The number of aromatic nitrogens is 2. The summed E-state index contributed by atoms with van der Waals surface area (Å²) in [6.07, 6.45) is 0.328. The van der Waals surface area contributed by atoms with Crippen molar-refractivity contribution in [2.75, 3.05) is 18.4 Å². The van der Waals surface area contributed by atoms with Gasteiger partial charge in [-0.25, -0.2) is 15.0 Å². The molecule has 2 aromatic rings. The van der Waals surface area contributed by atoms with Gasteiger partial charge in [0.1, 0.15) is 10.8 Å². The van der Waals surface area contributed by atoms with Crippen LogP contribution in [0.25, 0.3) is 0 Å². The van der Waals surface area contributed by atoms with E-state index in [9.17, 15) is 4.79 Å². The molecule has 0 fully saturated rings. The largest absolute Gasteiger partial charge is 0.357 e. The minimum Gasteiger partial charge on any atom is -0.357 e. The molecule has 0 bridgehead atoms. The third kappa shape index (κ3) is 7.34. The van der Waals surface area contributed by atoms with Crippen molar-refractivity contribution in [3.05, 3.63) is 40.0 Å². The van der Waals surface area contributed by atoms with Gasteiger partial charge in [-0.15, -0.1) is 11.3 Å². The number of thiazole rings is 1. The van der Waals surface area contributed by atoms with Gasteiger partial charge in [0.15, 0.2) is 5.96 Å². The third-order valence-corrected chi connectivity index (χ3v) is 4.53.